The summed E-state index contributed by atoms with van der Waals surface area (Å²) in [5.41, 5.74) is 2.31. The van der Waals surface area contributed by atoms with Crippen LogP contribution in [-0.4, -0.2) is 22.4 Å². The molecule has 1 aliphatic rings. The van der Waals surface area contributed by atoms with E-state index in [4.69, 9.17) is 4.52 Å². The van der Waals surface area contributed by atoms with Crippen molar-refractivity contribution in [1.29, 1.82) is 0 Å². The van der Waals surface area contributed by atoms with Crippen molar-refractivity contribution in [2.45, 2.75) is 30.1 Å². The van der Waals surface area contributed by atoms with E-state index in [1.165, 1.54) is 6.42 Å². The Labute approximate surface area is 161 Å². The first-order chi connectivity index (χ1) is 13.2. The fourth-order valence-corrected chi connectivity index (χ4v) is 3.33. The number of hydrogen-bond donors (Lipinski definition) is 2. The summed E-state index contributed by atoms with van der Waals surface area (Å²) in [4.78, 5) is 17.8. The first-order valence-corrected chi connectivity index (χ1v) is 10.1. The Hall–Kier alpha value is -2.80. The zero-order chi connectivity index (χ0) is 18.6. The van der Waals surface area contributed by atoms with Gasteiger partial charge in [0.1, 0.15) is 0 Å². The lowest BCUT2D eigenvalue weighted by molar-refractivity contribution is 0.262. The summed E-state index contributed by atoms with van der Waals surface area (Å²) in [5.74, 6) is 1.73. The van der Waals surface area contributed by atoms with Crippen molar-refractivity contribution in [1.82, 2.24) is 10.1 Å². The molecule has 3 aromatic rings. The number of nitrogens with one attached hydrogen (secondary N) is 2. The summed E-state index contributed by atoms with van der Waals surface area (Å²) in [6.07, 6.45) is 5.48. The van der Waals surface area contributed by atoms with Crippen LogP contribution in [0.3, 0.4) is 0 Å². The van der Waals surface area contributed by atoms with Crippen LogP contribution >= 0.6 is 11.8 Å². The van der Waals surface area contributed by atoms with Gasteiger partial charge in [-0.1, -0.05) is 17.6 Å². The lowest BCUT2D eigenvalue weighted by atomic mass is 9.85. The van der Waals surface area contributed by atoms with Crippen LogP contribution in [0.25, 0.3) is 11.4 Å². The Bertz CT molecular complexity index is 935. The molecule has 138 valence electrons. The van der Waals surface area contributed by atoms with Crippen molar-refractivity contribution in [3.8, 4) is 11.4 Å². The minimum Gasteiger partial charge on any atom is -0.339 e. The molecule has 2 amide bonds. The first-order valence-electron chi connectivity index (χ1n) is 8.87. The number of urea groups is 1. The van der Waals surface area contributed by atoms with E-state index in [0.29, 0.717) is 17.4 Å². The Morgan fingerprint density at radius 1 is 1.11 bits per heavy atom. The molecule has 1 fully saturated rings. The molecule has 0 saturated heterocycles. The normalized spacial score (nSPS) is 13.8. The number of carbonyl (C=O) groups excluding carboxylic acids is 1. The number of rotatable bonds is 5. The maximum Gasteiger partial charge on any atom is 0.323 e. The third-order valence-electron chi connectivity index (χ3n) is 4.62. The quantitative estimate of drug-likeness (QED) is 0.582. The average molecular weight is 380 g/mol. The van der Waals surface area contributed by atoms with Crippen molar-refractivity contribution in [2.24, 2.45) is 0 Å². The summed E-state index contributed by atoms with van der Waals surface area (Å²) in [7, 11) is 0. The highest BCUT2D eigenvalue weighted by molar-refractivity contribution is 7.98. The molecular formula is C20H20N4O2S. The number of anilines is 2. The molecule has 2 N–H and O–H groups in total. The molecule has 2 aromatic carbocycles. The highest BCUT2D eigenvalue weighted by Crippen LogP contribution is 2.36. The van der Waals surface area contributed by atoms with Gasteiger partial charge in [-0.05, 0) is 61.6 Å². The molecule has 0 spiro atoms. The second kappa shape index (κ2) is 7.84. The van der Waals surface area contributed by atoms with Crippen LogP contribution in [0.1, 0.15) is 31.1 Å². The second-order valence-corrected chi connectivity index (χ2v) is 7.35. The third-order valence-corrected chi connectivity index (χ3v) is 5.35. The topological polar surface area (TPSA) is 80.0 Å². The Morgan fingerprint density at radius 2 is 1.89 bits per heavy atom. The van der Waals surface area contributed by atoms with Crippen LogP contribution in [0.15, 0.2) is 57.9 Å². The van der Waals surface area contributed by atoms with E-state index in [-0.39, 0.29) is 6.03 Å². The highest BCUT2D eigenvalue weighted by Gasteiger charge is 2.25. The summed E-state index contributed by atoms with van der Waals surface area (Å²) < 4.78 is 5.36. The molecule has 0 unspecified atom stereocenters. The predicted molar refractivity (Wildman–Crippen MR) is 107 cm³/mol. The van der Waals surface area contributed by atoms with Crippen LogP contribution in [0.5, 0.6) is 0 Å². The van der Waals surface area contributed by atoms with E-state index in [9.17, 15) is 4.79 Å². The monoisotopic (exact) mass is 380 g/mol. The van der Waals surface area contributed by atoms with Gasteiger partial charge in [-0.3, -0.25) is 0 Å². The van der Waals surface area contributed by atoms with Gasteiger partial charge in [-0.15, -0.1) is 11.8 Å². The van der Waals surface area contributed by atoms with E-state index in [2.05, 4.69) is 20.8 Å². The molecule has 0 aliphatic heterocycles. The standard InChI is InChI=1S/C20H20N4O2S/c1-27-17-7-3-6-16(12-17)22-20(25)21-15-10-8-13(9-11-15)18-23-19(26-24-18)14-4-2-5-14/h3,6-12,14H,2,4-5H2,1H3,(H2,21,22,25). The third kappa shape index (κ3) is 4.14. The summed E-state index contributed by atoms with van der Waals surface area (Å²) in [5, 5.41) is 9.73. The van der Waals surface area contributed by atoms with Crippen molar-refractivity contribution in [2.75, 3.05) is 16.9 Å². The first kappa shape index (κ1) is 17.6. The van der Waals surface area contributed by atoms with Crippen LogP contribution < -0.4 is 10.6 Å². The van der Waals surface area contributed by atoms with Gasteiger partial charge in [0, 0.05) is 27.8 Å². The number of benzene rings is 2. The molecule has 1 aromatic heterocycles. The molecular weight excluding hydrogens is 360 g/mol. The molecule has 4 rings (SSSR count). The molecule has 0 atom stereocenters. The molecule has 0 bridgehead atoms. The second-order valence-electron chi connectivity index (χ2n) is 6.47. The molecule has 1 saturated carbocycles. The number of carbonyl (C=O) groups is 1. The fourth-order valence-electron chi connectivity index (χ4n) is 2.87. The van der Waals surface area contributed by atoms with E-state index < -0.39 is 0 Å². The van der Waals surface area contributed by atoms with Gasteiger partial charge in [0.15, 0.2) is 0 Å². The van der Waals surface area contributed by atoms with E-state index in [1.807, 2.05) is 54.8 Å². The van der Waals surface area contributed by atoms with Crippen LogP contribution in [0.2, 0.25) is 0 Å². The molecule has 27 heavy (non-hydrogen) atoms. The number of aromatic nitrogens is 2. The Kier molecular flexibility index (Phi) is 5.11. The molecule has 7 heteroatoms. The minimum atomic E-state index is -0.284. The largest absolute Gasteiger partial charge is 0.339 e. The number of thioether (sulfide) groups is 1. The predicted octanol–water partition coefficient (Wildman–Crippen LogP) is 5.37. The van der Waals surface area contributed by atoms with Crippen molar-refractivity contribution >= 4 is 29.2 Å². The lowest BCUT2D eigenvalue weighted by Gasteiger charge is -2.20. The average Bonchev–Trinajstić information content (AvgIpc) is 3.10. The molecule has 0 radical (unpaired) electrons. The SMILES string of the molecule is CSc1cccc(NC(=O)Nc2ccc(-c3noc(C4CCC4)n3)cc2)c1. The van der Waals surface area contributed by atoms with Gasteiger partial charge >= 0.3 is 6.03 Å². The molecule has 1 heterocycles. The van der Waals surface area contributed by atoms with Gasteiger partial charge in [0.05, 0.1) is 0 Å². The van der Waals surface area contributed by atoms with Crippen molar-refractivity contribution in [3.63, 3.8) is 0 Å². The van der Waals surface area contributed by atoms with E-state index in [0.717, 1.165) is 34.9 Å². The van der Waals surface area contributed by atoms with Crippen LogP contribution in [-0.2, 0) is 0 Å². The van der Waals surface area contributed by atoms with Gasteiger partial charge in [-0.2, -0.15) is 4.98 Å². The summed E-state index contributed by atoms with van der Waals surface area (Å²) in [6, 6.07) is 14.8. The van der Waals surface area contributed by atoms with Crippen molar-refractivity contribution in [3.05, 3.63) is 54.4 Å². The maximum atomic E-state index is 12.2. The highest BCUT2D eigenvalue weighted by atomic mass is 32.2. The smallest absolute Gasteiger partial charge is 0.323 e. The molecule has 1 aliphatic carbocycles. The number of nitrogens with zero attached hydrogens (tertiary/aromatic N) is 2. The minimum absolute atomic E-state index is 0.284. The van der Waals surface area contributed by atoms with Gasteiger partial charge < -0.3 is 15.2 Å². The van der Waals surface area contributed by atoms with Crippen LogP contribution in [0.4, 0.5) is 16.2 Å². The summed E-state index contributed by atoms with van der Waals surface area (Å²) >= 11 is 1.63. The van der Waals surface area contributed by atoms with Crippen molar-refractivity contribution < 1.29 is 9.32 Å². The molecule has 6 nitrogen and oxygen atoms in total. The summed E-state index contributed by atoms with van der Waals surface area (Å²) in [6.45, 7) is 0. The van der Waals surface area contributed by atoms with E-state index >= 15 is 0 Å². The Balaban J connectivity index is 1.38. The van der Waals surface area contributed by atoms with Gasteiger partial charge in [0.2, 0.25) is 11.7 Å². The lowest BCUT2D eigenvalue weighted by Crippen LogP contribution is -2.19. The van der Waals surface area contributed by atoms with Gasteiger partial charge in [-0.25, -0.2) is 4.79 Å². The number of hydrogen-bond acceptors (Lipinski definition) is 5. The van der Waals surface area contributed by atoms with Crippen LogP contribution in [0, 0.1) is 0 Å². The van der Waals surface area contributed by atoms with E-state index in [1.54, 1.807) is 11.8 Å². The number of amides is 2. The Morgan fingerprint density at radius 3 is 2.59 bits per heavy atom. The van der Waals surface area contributed by atoms with Gasteiger partial charge in [0.25, 0.3) is 0 Å². The maximum absolute atomic E-state index is 12.2. The fraction of sp³-hybridized carbons (Fsp3) is 0.250. The zero-order valence-corrected chi connectivity index (χ0v) is 15.8. The zero-order valence-electron chi connectivity index (χ0n) is 14.9.